The summed E-state index contributed by atoms with van der Waals surface area (Å²) in [7, 11) is 0. The van der Waals surface area contributed by atoms with Crippen molar-refractivity contribution in [2.24, 2.45) is 0 Å². The van der Waals surface area contributed by atoms with E-state index in [0.717, 1.165) is 0 Å². The number of benzene rings is 2. The number of esters is 1. The Morgan fingerprint density at radius 2 is 1.55 bits per heavy atom. The zero-order chi connectivity index (χ0) is 21.2. The van der Waals surface area contributed by atoms with E-state index in [4.69, 9.17) is 9.47 Å². The topological polar surface area (TPSA) is 84.9 Å². The Kier molecular flexibility index (Phi) is 8.14. The predicted octanol–water partition coefficient (Wildman–Crippen LogP) is 2.87. The number of nitrogens with zero attached hydrogens (tertiary/aromatic N) is 1. The van der Waals surface area contributed by atoms with Crippen molar-refractivity contribution >= 4 is 23.5 Å². The van der Waals surface area contributed by atoms with Gasteiger partial charge in [0.2, 0.25) is 0 Å². The van der Waals surface area contributed by atoms with Crippen LogP contribution in [0.5, 0.6) is 5.75 Å². The van der Waals surface area contributed by atoms with Gasteiger partial charge in [-0.25, -0.2) is 9.18 Å². The second kappa shape index (κ2) is 10.8. The van der Waals surface area contributed by atoms with Gasteiger partial charge in [-0.05, 0) is 62.4 Å². The number of ether oxygens (including phenoxy) is 2. The third-order valence-electron chi connectivity index (χ3n) is 4.00. The first-order valence-electron chi connectivity index (χ1n) is 9.16. The molecule has 0 heterocycles. The first-order valence-corrected chi connectivity index (χ1v) is 9.16. The Balaban J connectivity index is 1.76. The summed E-state index contributed by atoms with van der Waals surface area (Å²) < 4.78 is 22.8. The van der Waals surface area contributed by atoms with Gasteiger partial charge in [-0.3, -0.25) is 9.59 Å². The predicted molar refractivity (Wildman–Crippen MR) is 105 cm³/mol. The van der Waals surface area contributed by atoms with E-state index in [1.807, 2.05) is 13.8 Å². The standard InChI is InChI=1S/C21H23FN2O5/c1-3-24(4-2)21(27)15-5-9-17(10-6-15)23-19(25)13-29-20(26)14-28-18-11-7-16(22)8-12-18/h5-12H,3-4,13-14H2,1-2H3,(H,23,25). The van der Waals surface area contributed by atoms with Crippen molar-refractivity contribution in [3.8, 4) is 5.75 Å². The average molecular weight is 402 g/mol. The van der Waals surface area contributed by atoms with Crippen LogP contribution in [0.2, 0.25) is 0 Å². The minimum absolute atomic E-state index is 0.0806. The normalized spacial score (nSPS) is 10.2. The number of carbonyl (C=O) groups excluding carboxylic acids is 3. The molecule has 29 heavy (non-hydrogen) atoms. The van der Waals surface area contributed by atoms with Crippen molar-refractivity contribution in [2.45, 2.75) is 13.8 Å². The summed E-state index contributed by atoms with van der Waals surface area (Å²) in [4.78, 5) is 37.5. The molecule has 0 unspecified atom stereocenters. The molecule has 2 aromatic carbocycles. The lowest BCUT2D eigenvalue weighted by Gasteiger charge is -2.18. The zero-order valence-electron chi connectivity index (χ0n) is 16.3. The van der Waals surface area contributed by atoms with Crippen molar-refractivity contribution in [3.63, 3.8) is 0 Å². The largest absolute Gasteiger partial charge is 0.482 e. The molecule has 0 aliphatic carbocycles. The highest BCUT2D eigenvalue weighted by Gasteiger charge is 2.13. The summed E-state index contributed by atoms with van der Waals surface area (Å²) in [6.07, 6.45) is 0. The fourth-order valence-corrected chi connectivity index (χ4v) is 2.45. The number of amides is 2. The van der Waals surface area contributed by atoms with E-state index in [0.29, 0.717) is 30.1 Å². The van der Waals surface area contributed by atoms with Crippen LogP contribution < -0.4 is 10.1 Å². The van der Waals surface area contributed by atoms with Crippen molar-refractivity contribution in [3.05, 3.63) is 59.9 Å². The van der Waals surface area contributed by atoms with Crippen LogP contribution in [0.4, 0.5) is 10.1 Å². The van der Waals surface area contributed by atoms with Crippen LogP contribution in [0.1, 0.15) is 24.2 Å². The summed E-state index contributed by atoms with van der Waals surface area (Å²) in [5.74, 6) is -1.44. The second-order valence-electron chi connectivity index (χ2n) is 6.01. The summed E-state index contributed by atoms with van der Waals surface area (Å²) >= 11 is 0. The van der Waals surface area contributed by atoms with Gasteiger partial charge < -0.3 is 19.7 Å². The summed E-state index contributed by atoms with van der Waals surface area (Å²) in [5.41, 5.74) is 1.00. The molecule has 8 heteroatoms. The Labute approximate surface area is 168 Å². The lowest BCUT2D eigenvalue weighted by atomic mass is 10.2. The molecule has 0 spiro atoms. The molecular formula is C21H23FN2O5. The van der Waals surface area contributed by atoms with Gasteiger partial charge >= 0.3 is 5.97 Å². The third kappa shape index (κ3) is 6.91. The van der Waals surface area contributed by atoms with E-state index in [1.165, 1.54) is 24.3 Å². The minimum atomic E-state index is -0.732. The molecule has 0 atom stereocenters. The Morgan fingerprint density at radius 3 is 2.14 bits per heavy atom. The minimum Gasteiger partial charge on any atom is -0.482 e. The average Bonchev–Trinajstić information content (AvgIpc) is 2.73. The number of carbonyl (C=O) groups is 3. The zero-order valence-corrected chi connectivity index (χ0v) is 16.3. The van der Waals surface area contributed by atoms with Gasteiger partial charge in [-0.1, -0.05) is 0 Å². The first-order chi connectivity index (χ1) is 13.9. The highest BCUT2D eigenvalue weighted by Crippen LogP contribution is 2.12. The fraction of sp³-hybridized carbons (Fsp3) is 0.286. The molecule has 7 nitrogen and oxygen atoms in total. The Morgan fingerprint density at radius 1 is 0.931 bits per heavy atom. The third-order valence-corrected chi connectivity index (χ3v) is 4.00. The van der Waals surface area contributed by atoms with Crippen LogP contribution in [0.25, 0.3) is 0 Å². The maximum atomic E-state index is 12.8. The summed E-state index contributed by atoms with van der Waals surface area (Å²) in [6, 6.07) is 11.6. The van der Waals surface area contributed by atoms with Crippen LogP contribution >= 0.6 is 0 Å². The molecule has 2 aromatic rings. The van der Waals surface area contributed by atoms with Gasteiger partial charge in [-0.15, -0.1) is 0 Å². The van der Waals surface area contributed by atoms with E-state index >= 15 is 0 Å². The fourth-order valence-electron chi connectivity index (χ4n) is 2.45. The molecule has 0 aliphatic heterocycles. The van der Waals surface area contributed by atoms with Crippen LogP contribution in [0, 0.1) is 5.82 Å². The van der Waals surface area contributed by atoms with Crippen molar-refractivity contribution in [1.29, 1.82) is 0 Å². The van der Waals surface area contributed by atoms with Crippen molar-refractivity contribution in [2.75, 3.05) is 31.6 Å². The lowest BCUT2D eigenvalue weighted by Crippen LogP contribution is -2.30. The molecule has 154 valence electrons. The molecule has 0 saturated heterocycles. The molecular weight excluding hydrogens is 379 g/mol. The molecule has 0 aromatic heterocycles. The van der Waals surface area contributed by atoms with Gasteiger partial charge in [0.25, 0.3) is 11.8 Å². The van der Waals surface area contributed by atoms with Gasteiger partial charge in [0.1, 0.15) is 11.6 Å². The van der Waals surface area contributed by atoms with E-state index in [1.54, 1.807) is 29.2 Å². The van der Waals surface area contributed by atoms with Crippen molar-refractivity contribution in [1.82, 2.24) is 4.90 Å². The van der Waals surface area contributed by atoms with Gasteiger partial charge in [0, 0.05) is 24.3 Å². The monoisotopic (exact) mass is 402 g/mol. The number of hydrogen-bond donors (Lipinski definition) is 1. The Hall–Kier alpha value is -3.42. The molecule has 0 fully saturated rings. The number of halogens is 1. The van der Waals surface area contributed by atoms with Crippen LogP contribution in [-0.2, 0) is 14.3 Å². The second-order valence-corrected chi connectivity index (χ2v) is 6.01. The number of hydrogen-bond acceptors (Lipinski definition) is 5. The molecule has 0 saturated carbocycles. The molecule has 2 amide bonds. The van der Waals surface area contributed by atoms with Crippen LogP contribution in [-0.4, -0.2) is 49.0 Å². The Bertz CT molecular complexity index is 833. The summed E-state index contributed by atoms with van der Waals surface area (Å²) in [6.45, 7) is 4.16. The number of rotatable bonds is 9. The smallest absolute Gasteiger partial charge is 0.344 e. The SMILES string of the molecule is CCN(CC)C(=O)c1ccc(NC(=O)COC(=O)COc2ccc(F)cc2)cc1. The van der Waals surface area contributed by atoms with E-state index in [2.05, 4.69) is 5.32 Å². The highest BCUT2D eigenvalue weighted by atomic mass is 19.1. The number of anilines is 1. The van der Waals surface area contributed by atoms with Gasteiger partial charge in [0.15, 0.2) is 13.2 Å². The van der Waals surface area contributed by atoms with E-state index < -0.39 is 30.9 Å². The molecule has 0 bridgehead atoms. The molecule has 2 rings (SSSR count). The summed E-state index contributed by atoms with van der Waals surface area (Å²) in [5, 5.41) is 2.58. The van der Waals surface area contributed by atoms with E-state index in [-0.39, 0.29) is 5.91 Å². The van der Waals surface area contributed by atoms with Gasteiger partial charge in [0.05, 0.1) is 0 Å². The maximum absolute atomic E-state index is 12.8. The molecule has 0 aliphatic rings. The number of nitrogens with one attached hydrogen (secondary N) is 1. The highest BCUT2D eigenvalue weighted by molar-refractivity contribution is 5.96. The van der Waals surface area contributed by atoms with Crippen LogP contribution in [0.3, 0.4) is 0 Å². The lowest BCUT2D eigenvalue weighted by molar-refractivity contribution is -0.149. The first kappa shape index (κ1) is 21.9. The van der Waals surface area contributed by atoms with Crippen LogP contribution in [0.15, 0.2) is 48.5 Å². The van der Waals surface area contributed by atoms with E-state index in [9.17, 15) is 18.8 Å². The quantitative estimate of drug-likeness (QED) is 0.652. The van der Waals surface area contributed by atoms with Crippen molar-refractivity contribution < 1.29 is 28.2 Å². The molecule has 0 radical (unpaired) electrons. The maximum Gasteiger partial charge on any atom is 0.344 e. The van der Waals surface area contributed by atoms with Gasteiger partial charge in [-0.2, -0.15) is 0 Å². The molecule has 1 N–H and O–H groups in total.